The van der Waals surface area contributed by atoms with E-state index < -0.39 is 0 Å². The van der Waals surface area contributed by atoms with E-state index >= 15 is 0 Å². The van der Waals surface area contributed by atoms with Crippen LogP contribution in [-0.2, 0) is 6.54 Å². The van der Waals surface area contributed by atoms with Crippen LogP contribution >= 0.6 is 11.6 Å². The first kappa shape index (κ1) is 18.5. The van der Waals surface area contributed by atoms with E-state index in [0.29, 0.717) is 34.6 Å². The van der Waals surface area contributed by atoms with Crippen LogP contribution in [0.3, 0.4) is 0 Å². The number of aromatic nitrogens is 2. The SMILES string of the molecule is COc1ccccc1NC(=O)Nc1cccc(CNc2nccnc2Cl)c1. The average Bonchev–Trinajstić information content (AvgIpc) is 2.68. The Hall–Kier alpha value is -3.32. The molecule has 1 heterocycles. The third-order valence-electron chi connectivity index (χ3n) is 3.65. The van der Waals surface area contributed by atoms with Crippen molar-refractivity contribution in [3.05, 3.63) is 71.6 Å². The van der Waals surface area contributed by atoms with E-state index in [1.165, 1.54) is 6.20 Å². The molecule has 3 aromatic rings. The van der Waals surface area contributed by atoms with Gasteiger partial charge in [-0.15, -0.1) is 0 Å². The van der Waals surface area contributed by atoms with Gasteiger partial charge in [0.25, 0.3) is 0 Å². The van der Waals surface area contributed by atoms with Crippen LogP contribution in [0.1, 0.15) is 5.56 Å². The van der Waals surface area contributed by atoms with Gasteiger partial charge in [0.2, 0.25) is 0 Å². The fraction of sp³-hybridized carbons (Fsp3) is 0.105. The van der Waals surface area contributed by atoms with Gasteiger partial charge in [0.15, 0.2) is 11.0 Å². The summed E-state index contributed by atoms with van der Waals surface area (Å²) in [6.07, 6.45) is 3.09. The largest absolute Gasteiger partial charge is 0.495 e. The lowest BCUT2D eigenvalue weighted by Crippen LogP contribution is -2.19. The summed E-state index contributed by atoms with van der Waals surface area (Å²) in [7, 11) is 1.55. The van der Waals surface area contributed by atoms with Gasteiger partial charge in [-0.25, -0.2) is 14.8 Å². The Kier molecular flexibility index (Phi) is 6.06. The van der Waals surface area contributed by atoms with Crippen molar-refractivity contribution in [2.45, 2.75) is 6.54 Å². The maximum atomic E-state index is 12.3. The molecule has 0 aliphatic heterocycles. The number of anilines is 3. The number of hydrogen-bond donors (Lipinski definition) is 3. The molecule has 0 unspecified atom stereocenters. The van der Waals surface area contributed by atoms with E-state index in [2.05, 4.69) is 25.9 Å². The quantitative estimate of drug-likeness (QED) is 0.587. The Bertz CT molecular complexity index is 935. The predicted octanol–water partition coefficient (Wildman–Crippen LogP) is 4.39. The second-order valence-corrected chi connectivity index (χ2v) is 5.89. The van der Waals surface area contributed by atoms with Crippen LogP contribution in [0.4, 0.5) is 22.0 Å². The highest BCUT2D eigenvalue weighted by atomic mass is 35.5. The van der Waals surface area contributed by atoms with Gasteiger partial charge < -0.3 is 20.7 Å². The molecule has 0 saturated carbocycles. The number of halogens is 1. The van der Waals surface area contributed by atoms with Crippen molar-refractivity contribution in [3.8, 4) is 5.75 Å². The molecular formula is C19H18ClN5O2. The average molecular weight is 384 g/mol. The number of benzene rings is 2. The lowest BCUT2D eigenvalue weighted by atomic mass is 10.2. The van der Waals surface area contributed by atoms with Gasteiger partial charge >= 0.3 is 6.03 Å². The van der Waals surface area contributed by atoms with Crippen LogP contribution in [0, 0.1) is 0 Å². The topological polar surface area (TPSA) is 88.2 Å². The molecule has 0 fully saturated rings. The summed E-state index contributed by atoms with van der Waals surface area (Å²) in [5.41, 5.74) is 2.20. The van der Waals surface area contributed by atoms with Gasteiger partial charge in [-0.1, -0.05) is 35.9 Å². The van der Waals surface area contributed by atoms with E-state index in [4.69, 9.17) is 16.3 Å². The van der Waals surface area contributed by atoms with Crippen LogP contribution in [-0.4, -0.2) is 23.1 Å². The minimum absolute atomic E-state index is 0.308. The molecule has 2 aromatic carbocycles. The number of urea groups is 1. The Morgan fingerprint density at radius 3 is 2.70 bits per heavy atom. The maximum Gasteiger partial charge on any atom is 0.323 e. The third-order valence-corrected chi connectivity index (χ3v) is 3.93. The molecule has 8 heteroatoms. The van der Waals surface area contributed by atoms with Crippen molar-refractivity contribution in [1.29, 1.82) is 0 Å². The highest BCUT2D eigenvalue weighted by molar-refractivity contribution is 6.31. The maximum absolute atomic E-state index is 12.3. The molecule has 2 amide bonds. The van der Waals surface area contributed by atoms with Crippen molar-refractivity contribution >= 4 is 34.8 Å². The summed E-state index contributed by atoms with van der Waals surface area (Å²) >= 11 is 5.98. The minimum atomic E-state index is -0.360. The number of amides is 2. The fourth-order valence-electron chi connectivity index (χ4n) is 2.42. The molecule has 138 valence electrons. The molecular weight excluding hydrogens is 366 g/mol. The van der Waals surface area contributed by atoms with Gasteiger partial charge in [-0.3, -0.25) is 0 Å². The van der Waals surface area contributed by atoms with Crippen molar-refractivity contribution < 1.29 is 9.53 Å². The van der Waals surface area contributed by atoms with Crippen LogP contribution < -0.4 is 20.7 Å². The second kappa shape index (κ2) is 8.86. The zero-order valence-electron chi connectivity index (χ0n) is 14.6. The molecule has 0 saturated heterocycles. The molecule has 0 aliphatic rings. The molecule has 0 bridgehead atoms. The van der Waals surface area contributed by atoms with Gasteiger partial charge in [-0.2, -0.15) is 0 Å². The molecule has 0 atom stereocenters. The highest BCUT2D eigenvalue weighted by Gasteiger charge is 2.08. The van der Waals surface area contributed by atoms with Gasteiger partial charge in [0, 0.05) is 24.6 Å². The fourth-order valence-corrected chi connectivity index (χ4v) is 2.59. The normalized spacial score (nSPS) is 10.1. The summed E-state index contributed by atoms with van der Waals surface area (Å²) in [5, 5.41) is 9.00. The summed E-state index contributed by atoms with van der Waals surface area (Å²) in [5.74, 6) is 1.10. The van der Waals surface area contributed by atoms with Crippen molar-refractivity contribution in [2.75, 3.05) is 23.1 Å². The Labute approximate surface area is 161 Å². The summed E-state index contributed by atoms with van der Waals surface area (Å²) in [6.45, 7) is 0.488. The number of methoxy groups -OCH3 is 1. The minimum Gasteiger partial charge on any atom is -0.495 e. The zero-order chi connectivity index (χ0) is 19.1. The molecule has 0 radical (unpaired) electrons. The summed E-state index contributed by atoms with van der Waals surface area (Å²) < 4.78 is 5.23. The predicted molar refractivity (Wildman–Crippen MR) is 106 cm³/mol. The lowest BCUT2D eigenvalue weighted by Gasteiger charge is -2.12. The van der Waals surface area contributed by atoms with E-state index in [1.54, 1.807) is 31.5 Å². The smallest absolute Gasteiger partial charge is 0.323 e. The van der Waals surface area contributed by atoms with E-state index in [0.717, 1.165) is 5.56 Å². The zero-order valence-corrected chi connectivity index (χ0v) is 15.3. The first-order valence-electron chi connectivity index (χ1n) is 8.16. The van der Waals surface area contributed by atoms with E-state index in [9.17, 15) is 4.79 Å². The molecule has 3 rings (SSSR count). The number of nitrogens with zero attached hydrogens (tertiary/aromatic N) is 2. The van der Waals surface area contributed by atoms with Gasteiger partial charge in [0.05, 0.1) is 12.8 Å². The van der Waals surface area contributed by atoms with Crippen LogP contribution in [0.15, 0.2) is 60.9 Å². The number of hydrogen-bond acceptors (Lipinski definition) is 5. The number of carbonyl (C=O) groups excluding carboxylic acids is 1. The molecule has 3 N–H and O–H groups in total. The van der Waals surface area contributed by atoms with Gasteiger partial charge in [0.1, 0.15) is 5.75 Å². The van der Waals surface area contributed by atoms with E-state index in [-0.39, 0.29) is 6.03 Å². The Morgan fingerprint density at radius 2 is 1.89 bits per heavy atom. The third kappa shape index (κ3) is 5.08. The number of carbonyl (C=O) groups is 1. The number of rotatable bonds is 6. The van der Waals surface area contributed by atoms with Crippen LogP contribution in [0.2, 0.25) is 5.15 Å². The van der Waals surface area contributed by atoms with Crippen LogP contribution in [0.25, 0.3) is 0 Å². The number of nitrogens with one attached hydrogen (secondary N) is 3. The monoisotopic (exact) mass is 383 g/mol. The number of para-hydroxylation sites is 2. The van der Waals surface area contributed by atoms with Crippen molar-refractivity contribution in [3.63, 3.8) is 0 Å². The summed E-state index contributed by atoms with van der Waals surface area (Å²) in [6, 6.07) is 14.3. The molecule has 27 heavy (non-hydrogen) atoms. The van der Waals surface area contributed by atoms with Crippen molar-refractivity contribution in [2.24, 2.45) is 0 Å². The first-order valence-corrected chi connectivity index (χ1v) is 8.54. The Morgan fingerprint density at radius 1 is 1.07 bits per heavy atom. The Balaban J connectivity index is 1.61. The van der Waals surface area contributed by atoms with Crippen LogP contribution in [0.5, 0.6) is 5.75 Å². The molecule has 0 aliphatic carbocycles. The molecule has 0 spiro atoms. The van der Waals surface area contributed by atoms with Crippen molar-refractivity contribution in [1.82, 2.24) is 9.97 Å². The highest BCUT2D eigenvalue weighted by Crippen LogP contribution is 2.23. The standard InChI is InChI=1S/C19H18ClN5O2/c1-27-16-8-3-2-7-15(16)25-19(26)24-14-6-4-5-13(11-14)12-23-18-17(20)21-9-10-22-18/h2-11H,12H2,1H3,(H,22,23)(H2,24,25,26). The lowest BCUT2D eigenvalue weighted by molar-refractivity contribution is 0.262. The summed E-state index contributed by atoms with van der Waals surface area (Å²) in [4.78, 5) is 20.4. The van der Waals surface area contributed by atoms with Gasteiger partial charge in [-0.05, 0) is 29.8 Å². The molecule has 1 aromatic heterocycles. The van der Waals surface area contributed by atoms with E-state index in [1.807, 2.05) is 30.3 Å². The second-order valence-electron chi connectivity index (χ2n) is 5.53. The number of ether oxygens (including phenoxy) is 1. The molecule has 7 nitrogen and oxygen atoms in total. The first-order chi connectivity index (χ1) is 13.2.